The highest BCUT2D eigenvalue weighted by Crippen LogP contribution is 2.30. The lowest BCUT2D eigenvalue weighted by atomic mass is 9.78. The van der Waals surface area contributed by atoms with Crippen LogP contribution in [0.5, 0.6) is 0 Å². The number of nitrogens with one attached hydrogen (secondary N) is 1. The van der Waals surface area contributed by atoms with Crippen LogP contribution in [0.25, 0.3) is 0 Å². The van der Waals surface area contributed by atoms with Gasteiger partial charge in [-0.25, -0.2) is 0 Å². The average Bonchev–Trinajstić information content (AvgIpc) is 2.32. The zero-order valence-corrected chi connectivity index (χ0v) is 11.6. The number of nitrogens with zero attached hydrogens (tertiary/aromatic N) is 1. The Morgan fingerprint density at radius 2 is 2.12 bits per heavy atom. The van der Waals surface area contributed by atoms with E-state index in [9.17, 15) is 0 Å². The van der Waals surface area contributed by atoms with Crippen molar-refractivity contribution in [2.24, 2.45) is 11.8 Å². The van der Waals surface area contributed by atoms with E-state index in [2.05, 4.69) is 31.1 Å². The van der Waals surface area contributed by atoms with Crippen LogP contribution in [-0.2, 0) is 4.74 Å². The first-order chi connectivity index (χ1) is 8.20. The van der Waals surface area contributed by atoms with E-state index in [0.29, 0.717) is 6.04 Å². The Hall–Kier alpha value is -0.120. The average molecular weight is 240 g/mol. The van der Waals surface area contributed by atoms with Crippen LogP contribution in [0.15, 0.2) is 0 Å². The standard InChI is InChI=1S/C14H28N2O/c1-11-4-5-14(15-3)13(8-11)9-16-6-7-17-10-12(16)2/h11-15H,4-10H2,1-3H3. The molecule has 4 unspecified atom stereocenters. The summed E-state index contributed by atoms with van der Waals surface area (Å²) in [7, 11) is 2.12. The Bertz CT molecular complexity index is 234. The lowest BCUT2D eigenvalue weighted by molar-refractivity contribution is -0.0139. The second-order valence-corrected chi connectivity index (χ2v) is 5.99. The quantitative estimate of drug-likeness (QED) is 0.813. The van der Waals surface area contributed by atoms with Gasteiger partial charge in [-0.2, -0.15) is 0 Å². The smallest absolute Gasteiger partial charge is 0.0619 e. The first-order valence-electron chi connectivity index (χ1n) is 7.19. The SMILES string of the molecule is CNC1CCC(C)CC1CN1CCOCC1C. The van der Waals surface area contributed by atoms with Gasteiger partial charge in [-0.15, -0.1) is 0 Å². The molecular formula is C14H28N2O. The van der Waals surface area contributed by atoms with Gasteiger partial charge in [-0.3, -0.25) is 4.90 Å². The third-order valence-corrected chi connectivity index (χ3v) is 4.59. The molecule has 1 saturated heterocycles. The second kappa shape index (κ2) is 6.17. The molecule has 0 radical (unpaired) electrons. The highest BCUT2D eigenvalue weighted by Gasteiger charge is 2.30. The lowest BCUT2D eigenvalue weighted by Crippen LogP contribution is -2.50. The van der Waals surface area contributed by atoms with Crippen LogP contribution < -0.4 is 5.32 Å². The van der Waals surface area contributed by atoms with Crippen molar-refractivity contribution in [1.82, 2.24) is 10.2 Å². The molecule has 0 aromatic rings. The molecule has 100 valence electrons. The molecule has 1 N–H and O–H groups in total. The summed E-state index contributed by atoms with van der Waals surface area (Å²) in [5, 5.41) is 3.52. The molecule has 1 aliphatic carbocycles. The van der Waals surface area contributed by atoms with E-state index in [1.54, 1.807) is 0 Å². The van der Waals surface area contributed by atoms with Crippen LogP contribution in [-0.4, -0.2) is 50.3 Å². The minimum Gasteiger partial charge on any atom is -0.379 e. The van der Waals surface area contributed by atoms with E-state index in [-0.39, 0.29) is 0 Å². The van der Waals surface area contributed by atoms with Gasteiger partial charge in [-0.1, -0.05) is 6.92 Å². The molecule has 2 fully saturated rings. The fourth-order valence-electron chi connectivity index (χ4n) is 3.41. The third kappa shape index (κ3) is 3.43. The predicted octanol–water partition coefficient (Wildman–Crippen LogP) is 1.73. The summed E-state index contributed by atoms with van der Waals surface area (Å²) in [6, 6.07) is 1.32. The molecule has 0 aromatic heterocycles. The van der Waals surface area contributed by atoms with Crippen LogP contribution in [0.2, 0.25) is 0 Å². The molecule has 1 aliphatic heterocycles. The highest BCUT2D eigenvalue weighted by molar-refractivity contribution is 4.86. The maximum Gasteiger partial charge on any atom is 0.0619 e. The molecule has 0 bridgehead atoms. The van der Waals surface area contributed by atoms with Crippen molar-refractivity contribution in [3.05, 3.63) is 0 Å². The number of morpholine rings is 1. The minimum absolute atomic E-state index is 0.596. The fourth-order valence-corrected chi connectivity index (χ4v) is 3.41. The topological polar surface area (TPSA) is 24.5 Å². The molecule has 3 heteroatoms. The monoisotopic (exact) mass is 240 g/mol. The lowest BCUT2D eigenvalue weighted by Gasteiger charge is -2.41. The van der Waals surface area contributed by atoms with E-state index in [1.807, 2.05) is 0 Å². The number of rotatable bonds is 3. The second-order valence-electron chi connectivity index (χ2n) is 5.99. The molecule has 1 heterocycles. The highest BCUT2D eigenvalue weighted by atomic mass is 16.5. The van der Waals surface area contributed by atoms with Gasteiger partial charge in [0.25, 0.3) is 0 Å². The van der Waals surface area contributed by atoms with Crippen molar-refractivity contribution < 1.29 is 4.74 Å². The van der Waals surface area contributed by atoms with Gasteiger partial charge in [0.05, 0.1) is 13.2 Å². The number of ether oxygens (including phenoxy) is 1. The summed E-state index contributed by atoms with van der Waals surface area (Å²) >= 11 is 0. The summed E-state index contributed by atoms with van der Waals surface area (Å²) in [6.45, 7) is 8.88. The van der Waals surface area contributed by atoms with Gasteiger partial charge in [0.2, 0.25) is 0 Å². The first-order valence-corrected chi connectivity index (χ1v) is 7.19. The summed E-state index contributed by atoms with van der Waals surface area (Å²) < 4.78 is 5.52. The van der Waals surface area contributed by atoms with Gasteiger partial charge < -0.3 is 10.1 Å². The maximum atomic E-state index is 5.52. The zero-order chi connectivity index (χ0) is 12.3. The van der Waals surface area contributed by atoms with Gasteiger partial charge in [-0.05, 0) is 45.1 Å². The number of hydrogen-bond acceptors (Lipinski definition) is 3. The zero-order valence-electron chi connectivity index (χ0n) is 11.6. The van der Waals surface area contributed by atoms with Gasteiger partial charge >= 0.3 is 0 Å². The summed E-state index contributed by atoms with van der Waals surface area (Å²) in [4.78, 5) is 2.62. The molecule has 2 aliphatic rings. The molecule has 4 atom stereocenters. The number of hydrogen-bond donors (Lipinski definition) is 1. The Labute approximate surface area is 106 Å². The Balaban J connectivity index is 1.90. The van der Waals surface area contributed by atoms with Gasteiger partial charge in [0, 0.05) is 25.2 Å². The predicted molar refractivity (Wildman–Crippen MR) is 71.2 cm³/mol. The summed E-state index contributed by atoms with van der Waals surface area (Å²) in [6.07, 6.45) is 4.12. The van der Waals surface area contributed by atoms with Crippen LogP contribution in [0.1, 0.15) is 33.1 Å². The van der Waals surface area contributed by atoms with Crippen LogP contribution in [0.3, 0.4) is 0 Å². The van der Waals surface area contributed by atoms with Crippen molar-refractivity contribution in [2.75, 3.05) is 33.4 Å². The van der Waals surface area contributed by atoms with Crippen molar-refractivity contribution in [2.45, 2.75) is 45.2 Å². The van der Waals surface area contributed by atoms with E-state index in [4.69, 9.17) is 4.74 Å². The molecular weight excluding hydrogens is 212 g/mol. The van der Waals surface area contributed by atoms with Crippen LogP contribution >= 0.6 is 0 Å². The Morgan fingerprint density at radius 3 is 2.82 bits per heavy atom. The van der Waals surface area contributed by atoms with Crippen molar-refractivity contribution in [3.8, 4) is 0 Å². The summed E-state index contributed by atoms with van der Waals surface area (Å²) in [5.41, 5.74) is 0. The Morgan fingerprint density at radius 1 is 1.29 bits per heavy atom. The van der Waals surface area contributed by atoms with E-state index in [1.165, 1.54) is 25.8 Å². The van der Waals surface area contributed by atoms with E-state index < -0.39 is 0 Å². The molecule has 2 rings (SSSR count). The molecule has 0 aromatic carbocycles. The minimum atomic E-state index is 0.596. The van der Waals surface area contributed by atoms with E-state index >= 15 is 0 Å². The van der Waals surface area contributed by atoms with Crippen LogP contribution in [0, 0.1) is 11.8 Å². The van der Waals surface area contributed by atoms with Gasteiger partial charge in [0.1, 0.15) is 0 Å². The van der Waals surface area contributed by atoms with Crippen molar-refractivity contribution in [3.63, 3.8) is 0 Å². The molecule has 17 heavy (non-hydrogen) atoms. The maximum absolute atomic E-state index is 5.52. The fraction of sp³-hybridized carbons (Fsp3) is 1.00. The Kier molecular flexibility index (Phi) is 4.83. The third-order valence-electron chi connectivity index (χ3n) is 4.59. The largest absolute Gasteiger partial charge is 0.379 e. The molecule has 3 nitrogen and oxygen atoms in total. The molecule has 0 amide bonds. The molecule has 0 spiro atoms. The van der Waals surface area contributed by atoms with E-state index in [0.717, 1.165) is 37.6 Å². The molecule has 1 saturated carbocycles. The van der Waals surface area contributed by atoms with Crippen molar-refractivity contribution >= 4 is 0 Å². The first kappa shape index (κ1) is 13.3. The van der Waals surface area contributed by atoms with Crippen LogP contribution in [0.4, 0.5) is 0 Å². The normalized spacial score (nSPS) is 40.4. The van der Waals surface area contributed by atoms with Gasteiger partial charge in [0.15, 0.2) is 0 Å². The van der Waals surface area contributed by atoms with Crippen molar-refractivity contribution in [1.29, 1.82) is 0 Å². The summed E-state index contributed by atoms with van der Waals surface area (Å²) in [5.74, 6) is 1.73.